The van der Waals surface area contributed by atoms with Gasteiger partial charge in [-0.2, -0.15) is 0 Å². The number of methoxy groups -OCH3 is 1. The van der Waals surface area contributed by atoms with Crippen LogP contribution in [0.25, 0.3) is 0 Å². The molecule has 1 aromatic carbocycles. The molecule has 2 aromatic rings. The number of rotatable bonds is 4. The third-order valence-electron chi connectivity index (χ3n) is 2.60. The second-order valence-corrected chi connectivity index (χ2v) is 8.36. The smallest absolute Gasteiger partial charge is 0.271 e. The van der Waals surface area contributed by atoms with Crippen LogP contribution in [0.1, 0.15) is 5.56 Å². The Morgan fingerprint density at radius 1 is 1.35 bits per heavy atom. The molecule has 2 rings (SSSR count). The largest absolute Gasteiger partial charge is 0.497 e. The number of ether oxygens (including phenoxy) is 1. The van der Waals surface area contributed by atoms with Crippen LogP contribution >= 0.6 is 27.3 Å². The van der Waals surface area contributed by atoms with Crippen LogP contribution in [-0.2, 0) is 10.0 Å². The molecule has 20 heavy (non-hydrogen) atoms. The molecule has 0 atom stereocenters. The molecular weight excluding hydrogens is 364 g/mol. The van der Waals surface area contributed by atoms with Crippen LogP contribution in [0.3, 0.4) is 0 Å². The van der Waals surface area contributed by atoms with E-state index in [0.29, 0.717) is 17.1 Å². The van der Waals surface area contributed by atoms with Gasteiger partial charge in [0.25, 0.3) is 10.0 Å². The van der Waals surface area contributed by atoms with Gasteiger partial charge in [0.05, 0.1) is 22.3 Å². The van der Waals surface area contributed by atoms with E-state index in [9.17, 15) is 8.42 Å². The van der Waals surface area contributed by atoms with Gasteiger partial charge in [-0.3, -0.25) is 4.72 Å². The highest BCUT2D eigenvalue weighted by atomic mass is 79.9. The number of nitrogens with one attached hydrogen (secondary N) is 1. The number of nitrogens with two attached hydrogens (primary N) is 1. The lowest BCUT2D eigenvalue weighted by Crippen LogP contribution is -2.12. The first kappa shape index (κ1) is 15.1. The lowest BCUT2D eigenvalue weighted by atomic mass is 10.2. The summed E-state index contributed by atoms with van der Waals surface area (Å²) in [5.74, 6) is 0.570. The third kappa shape index (κ3) is 3.08. The normalized spacial score (nSPS) is 11.3. The van der Waals surface area contributed by atoms with Crippen LogP contribution in [0.4, 0.5) is 11.4 Å². The van der Waals surface area contributed by atoms with E-state index in [1.54, 1.807) is 24.3 Å². The predicted octanol–water partition coefficient (Wildman–Crippen LogP) is 3.21. The van der Waals surface area contributed by atoms with E-state index in [-0.39, 0.29) is 4.21 Å². The molecular formula is C12H13BrN2O3S2. The van der Waals surface area contributed by atoms with E-state index in [1.165, 1.54) is 7.11 Å². The molecule has 0 aliphatic rings. The molecule has 0 spiro atoms. The topological polar surface area (TPSA) is 81.4 Å². The first-order valence-corrected chi connectivity index (χ1v) is 8.65. The Hall–Kier alpha value is -1.25. The van der Waals surface area contributed by atoms with Gasteiger partial charge < -0.3 is 10.5 Å². The van der Waals surface area contributed by atoms with Crippen molar-refractivity contribution in [1.29, 1.82) is 0 Å². The van der Waals surface area contributed by atoms with E-state index in [0.717, 1.165) is 20.7 Å². The number of hydrogen-bond acceptors (Lipinski definition) is 5. The fraction of sp³-hybridized carbons (Fsp3) is 0.167. The minimum absolute atomic E-state index is 0.233. The summed E-state index contributed by atoms with van der Waals surface area (Å²) in [5.41, 5.74) is 7.31. The number of nitrogen functional groups attached to an aromatic ring is 1. The molecule has 0 bridgehead atoms. The van der Waals surface area contributed by atoms with E-state index >= 15 is 0 Å². The van der Waals surface area contributed by atoms with Crippen molar-refractivity contribution in [3.8, 4) is 5.75 Å². The quantitative estimate of drug-likeness (QED) is 0.802. The number of benzene rings is 1. The second kappa shape index (κ2) is 5.63. The van der Waals surface area contributed by atoms with Gasteiger partial charge in [0.1, 0.15) is 9.96 Å². The van der Waals surface area contributed by atoms with Crippen LogP contribution in [0.5, 0.6) is 5.75 Å². The number of thiophene rings is 1. The average Bonchev–Trinajstić information content (AvgIpc) is 2.73. The lowest BCUT2D eigenvalue weighted by molar-refractivity contribution is 0.415. The van der Waals surface area contributed by atoms with Crippen LogP contribution < -0.4 is 15.2 Å². The molecule has 0 unspecified atom stereocenters. The molecule has 8 heteroatoms. The zero-order valence-corrected chi connectivity index (χ0v) is 14.0. The Morgan fingerprint density at radius 3 is 2.55 bits per heavy atom. The Bertz CT molecular complexity index is 722. The van der Waals surface area contributed by atoms with Crippen LogP contribution in [0, 0.1) is 6.92 Å². The van der Waals surface area contributed by atoms with Crippen LogP contribution in [0.15, 0.2) is 32.3 Å². The molecule has 0 aliphatic heterocycles. The summed E-state index contributed by atoms with van der Waals surface area (Å²) in [6.45, 7) is 1.83. The number of halogens is 1. The summed E-state index contributed by atoms with van der Waals surface area (Å²) in [5, 5.41) is 0. The summed E-state index contributed by atoms with van der Waals surface area (Å²) in [6, 6.07) is 6.38. The molecule has 0 aliphatic carbocycles. The van der Waals surface area contributed by atoms with Crippen molar-refractivity contribution >= 4 is 48.7 Å². The molecule has 0 saturated heterocycles. The van der Waals surface area contributed by atoms with Crippen molar-refractivity contribution < 1.29 is 13.2 Å². The highest BCUT2D eigenvalue weighted by Gasteiger charge is 2.19. The summed E-state index contributed by atoms with van der Waals surface area (Å²) in [4.78, 5) is 0. The molecule has 0 saturated carbocycles. The molecule has 5 nitrogen and oxygen atoms in total. The summed E-state index contributed by atoms with van der Waals surface area (Å²) in [7, 11) is -2.12. The van der Waals surface area contributed by atoms with Crippen LogP contribution in [0.2, 0.25) is 0 Å². The predicted molar refractivity (Wildman–Crippen MR) is 85.0 cm³/mol. The molecule has 108 valence electrons. The first-order valence-electron chi connectivity index (χ1n) is 5.56. The molecule has 0 radical (unpaired) electrons. The van der Waals surface area contributed by atoms with Gasteiger partial charge in [-0.1, -0.05) is 0 Å². The standard InChI is InChI=1S/C12H13BrN2O3S2/c1-7-5-11(19-12(7)13)20(16,17)15-10-4-3-8(18-2)6-9(10)14/h3-6,15H,14H2,1-2H3. The van der Waals surface area contributed by atoms with Crippen molar-refractivity contribution in [3.63, 3.8) is 0 Å². The third-order valence-corrected chi connectivity index (χ3v) is 6.58. The number of aryl methyl sites for hydroxylation is 1. The minimum atomic E-state index is -3.64. The highest BCUT2D eigenvalue weighted by molar-refractivity contribution is 9.11. The first-order chi connectivity index (χ1) is 9.33. The number of sulfonamides is 1. The fourth-order valence-corrected chi connectivity index (χ4v) is 4.83. The Morgan fingerprint density at radius 2 is 2.05 bits per heavy atom. The second-order valence-electron chi connectivity index (χ2n) is 4.08. The van der Waals surface area contributed by atoms with Gasteiger partial charge >= 0.3 is 0 Å². The lowest BCUT2D eigenvalue weighted by Gasteiger charge is -2.10. The average molecular weight is 377 g/mol. The summed E-state index contributed by atoms with van der Waals surface area (Å²) in [6.07, 6.45) is 0. The molecule has 1 heterocycles. The van der Waals surface area contributed by atoms with E-state index in [1.807, 2.05) is 6.92 Å². The summed E-state index contributed by atoms with van der Waals surface area (Å²) < 4.78 is 33.1. The van der Waals surface area contributed by atoms with Gasteiger partial charge in [-0.05, 0) is 46.6 Å². The van der Waals surface area contributed by atoms with Gasteiger partial charge in [0.2, 0.25) is 0 Å². The zero-order chi connectivity index (χ0) is 14.9. The Labute approximate surface area is 129 Å². The van der Waals surface area contributed by atoms with Crippen LogP contribution in [-0.4, -0.2) is 15.5 Å². The number of hydrogen-bond donors (Lipinski definition) is 2. The van der Waals surface area contributed by atoms with E-state index in [4.69, 9.17) is 10.5 Å². The zero-order valence-electron chi connectivity index (χ0n) is 10.8. The highest BCUT2D eigenvalue weighted by Crippen LogP contribution is 2.33. The molecule has 1 aromatic heterocycles. The SMILES string of the molecule is COc1ccc(NS(=O)(=O)c2cc(C)c(Br)s2)c(N)c1. The maximum Gasteiger partial charge on any atom is 0.271 e. The van der Waals surface area contributed by atoms with Gasteiger partial charge in [0, 0.05) is 6.07 Å². The van der Waals surface area contributed by atoms with Gasteiger partial charge in [0.15, 0.2) is 0 Å². The fourth-order valence-electron chi connectivity index (χ4n) is 1.52. The minimum Gasteiger partial charge on any atom is -0.497 e. The molecule has 0 amide bonds. The van der Waals surface area contributed by atoms with Crippen molar-refractivity contribution in [2.45, 2.75) is 11.1 Å². The maximum absolute atomic E-state index is 12.3. The van der Waals surface area contributed by atoms with Gasteiger partial charge in [-0.25, -0.2) is 8.42 Å². The van der Waals surface area contributed by atoms with Crippen molar-refractivity contribution in [2.75, 3.05) is 17.6 Å². The van der Waals surface area contributed by atoms with E-state index in [2.05, 4.69) is 20.7 Å². The number of anilines is 2. The maximum atomic E-state index is 12.3. The Balaban J connectivity index is 2.33. The van der Waals surface area contributed by atoms with Crippen molar-refractivity contribution in [2.24, 2.45) is 0 Å². The monoisotopic (exact) mass is 376 g/mol. The Kier molecular flexibility index (Phi) is 4.26. The van der Waals surface area contributed by atoms with E-state index < -0.39 is 10.0 Å². The van der Waals surface area contributed by atoms with Crippen molar-refractivity contribution in [1.82, 2.24) is 0 Å². The molecule has 3 N–H and O–H groups in total. The molecule has 0 fully saturated rings. The van der Waals surface area contributed by atoms with Crippen molar-refractivity contribution in [3.05, 3.63) is 33.6 Å². The van der Waals surface area contributed by atoms with Gasteiger partial charge in [-0.15, -0.1) is 11.3 Å². The summed E-state index contributed by atoms with van der Waals surface area (Å²) >= 11 is 4.47.